The van der Waals surface area contributed by atoms with E-state index in [1.807, 2.05) is 6.07 Å². The highest BCUT2D eigenvalue weighted by atomic mass is 16.5. The average molecular weight is 230 g/mol. The molecule has 1 saturated heterocycles. The molecule has 0 spiro atoms. The Balaban J connectivity index is 1.92. The maximum atomic E-state index is 5.29. The minimum Gasteiger partial charge on any atom is -0.497 e. The average Bonchev–Trinajstić information content (AvgIpc) is 2.99. The van der Waals surface area contributed by atoms with Crippen molar-refractivity contribution >= 4 is 10.9 Å². The largest absolute Gasteiger partial charge is 0.497 e. The van der Waals surface area contributed by atoms with E-state index < -0.39 is 0 Å². The molecule has 3 heteroatoms. The summed E-state index contributed by atoms with van der Waals surface area (Å²) in [6.45, 7) is 1.16. The number of H-pyrrole nitrogens is 1. The Kier molecular flexibility index (Phi) is 2.77. The zero-order valence-corrected chi connectivity index (χ0v) is 10.1. The van der Waals surface area contributed by atoms with Crippen molar-refractivity contribution in [3.63, 3.8) is 0 Å². The molecule has 90 valence electrons. The maximum Gasteiger partial charge on any atom is 0.119 e. The van der Waals surface area contributed by atoms with Crippen molar-refractivity contribution in [3.05, 3.63) is 30.0 Å². The molecule has 3 rings (SSSR count). The fraction of sp³-hybridized carbons (Fsp3) is 0.429. The maximum absolute atomic E-state index is 5.29. The summed E-state index contributed by atoms with van der Waals surface area (Å²) >= 11 is 0. The molecule has 1 fully saturated rings. The predicted molar refractivity (Wildman–Crippen MR) is 69.6 cm³/mol. The lowest BCUT2D eigenvalue weighted by Crippen LogP contribution is -2.23. The molecule has 2 N–H and O–H groups in total. The fourth-order valence-electron chi connectivity index (χ4n) is 2.65. The highest BCUT2D eigenvalue weighted by molar-refractivity contribution is 5.84. The number of fused-ring (bicyclic) bond motifs is 1. The van der Waals surface area contributed by atoms with Crippen molar-refractivity contribution in [2.75, 3.05) is 13.7 Å². The molecule has 0 saturated carbocycles. The molecular formula is C14H18N2O. The van der Waals surface area contributed by atoms with Crippen molar-refractivity contribution in [3.8, 4) is 5.75 Å². The summed E-state index contributed by atoms with van der Waals surface area (Å²) < 4.78 is 5.29. The van der Waals surface area contributed by atoms with Gasteiger partial charge in [-0.1, -0.05) is 0 Å². The lowest BCUT2D eigenvalue weighted by Gasteiger charge is -2.09. The molecule has 1 aliphatic rings. The van der Waals surface area contributed by atoms with Gasteiger partial charge in [0.15, 0.2) is 0 Å². The Morgan fingerprint density at radius 1 is 1.41 bits per heavy atom. The number of ether oxygens (including phenoxy) is 1. The number of benzene rings is 1. The first-order valence-corrected chi connectivity index (χ1v) is 6.24. The second-order valence-corrected chi connectivity index (χ2v) is 4.72. The third-order valence-electron chi connectivity index (χ3n) is 3.60. The van der Waals surface area contributed by atoms with Crippen molar-refractivity contribution < 1.29 is 4.74 Å². The van der Waals surface area contributed by atoms with E-state index in [1.54, 1.807) is 7.11 Å². The third kappa shape index (κ3) is 2.03. The van der Waals surface area contributed by atoms with E-state index in [9.17, 15) is 0 Å². The molecule has 2 aromatic rings. The Hall–Kier alpha value is -1.48. The van der Waals surface area contributed by atoms with Gasteiger partial charge in [0.1, 0.15) is 5.75 Å². The van der Waals surface area contributed by atoms with Crippen LogP contribution in [0, 0.1) is 0 Å². The normalized spacial score (nSPS) is 19.9. The first-order valence-electron chi connectivity index (χ1n) is 6.24. The van der Waals surface area contributed by atoms with Gasteiger partial charge in [-0.05, 0) is 49.6 Å². The second-order valence-electron chi connectivity index (χ2n) is 4.72. The van der Waals surface area contributed by atoms with Gasteiger partial charge in [-0.2, -0.15) is 0 Å². The van der Waals surface area contributed by atoms with Gasteiger partial charge in [0.2, 0.25) is 0 Å². The lowest BCUT2D eigenvalue weighted by molar-refractivity contribution is 0.415. The molecule has 0 aliphatic carbocycles. The van der Waals surface area contributed by atoms with E-state index in [4.69, 9.17) is 4.74 Å². The summed E-state index contributed by atoms with van der Waals surface area (Å²) in [5, 5.41) is 4.83. The molecule has 0 radical (unpaired) electrons. The smallest absolute Gasteiger partial charge is 0.119 e. The van der Waals surface area contributed by atoms with E-state index in [1.165, 1.54) is 29.3 Å². The van der Waals surface area contributed by atoms with Gasteiger partial charge < -0.3 is 15.0 Å². The number of nitrogens with one attached hydrogen (secondary N) is 2. The number of methoxy groups -OCH3 is 1. The van der Waals surface area contributed by atoms with Crippen LogP contribution in [0.2, 0.25) is 0 Å². The molecule has 1 unspecified atom stereocenters. The predicted octanol–water partition coefficient (Wildman–Crippen LogP) is 2.47. The van der Waals surface area contributed by atoms with Gasteiger partial charge in [0.05, 0.1) is 7.11 Å². The van der Waals surface area contributed by atoms with Crippen LogP contribution in [0.3, 0.4) is 0 Å². The standard InChI is InChI=1S/C14H18N2O/c1-17-12-4-5-14-13(8-12)10(9-16-14)7-11-3-2-6-15-11/h4-5,8-9,11,15-16H,2-3,6-7H2,1H3. The molecule has 0 bridgehead atoms. The van der Waals surface area contributed by atoms with E-state index in [0.717, 1.165) is 18.7 Å². The Bertz CT molecular complexity index is 512. The van der Waals surface area contributed by atoms with Crippen LogP contribution in [0.15, 0.2) is 24.4 Å². The first kappa shape index (κ1) is 10.7. The van der Waals surface area contributed by atoms with Crippen LogP contribution >= 0.6 is 0 Å². The van der Waals surface area contributed by atoms with Crippen LogP contribution in [0.4, 0.5) is 0 Å². The fourth-order valence-corrected chi connectivity index (χ4v) is 2.65. The highest BCUT2D eigenvalue weighted by Gasteiger charge is 2.16. The minimum atomic E-state index is 0.639. The Morgan fingerprint density at radius 3 is 3.12 bits per heavy atom. The quantitative estimate of drug-likeness (QED) is 0.850. The van der Waals surface area contributed by atoms with Crippen LogP contribution in [-0.4, -0.2) is 24.7 Å². The highest BCUT2D eigenvalue weighted by Crippen LogP contribution is 2.25. The van der Waals surface area contributed by atoms with E-state index in [0.29, 0.717) is 6.04 Å². The van der Waals surface area contributed by atoms with Crippen molar-refractivity contribution in [2.24, 2.45) is 0 Å². The van der Waals surface area contributed by atoms with Gasteiger partial charge in [0.25, 0.3) is 0 Å². The van der Waals surface area contributed by atoms with Crippen LogP contribution in [0.25, 0.3) is 10.9 Å². The van der Waals surface area contributed by atoms with Gasteiger partial charge in [-0.3, -0.25) is 0 Å². The summed E-state index contributed by atoms with van der Waals surface area (Å²) in [6.07, 6.45) is 5.82. The molecule has 1 aromatic carbocycles. The first-order chi connectivity index (χ1) is 8.36. The second kappa shape index (κ2) is 4.41. The molecule has 2 heterocycles. The number of aromatic amines is 1. The Labute approximate surface area is 101 Å². The van der Waals surface area contributed by atoms with Gasteiger partial charge in [0, 0.05) is 23.1 Å². The summed E-state index contributed by atoms with van der Waals surface area (Å²) in [7, 11) is 1.71. The van der Waals surface area contributed by atoms with Gasteiger partial charge >= 0.3 is 0 Å². The number of hydrogen-bond donors (Lipinski definition) is 2. The van der Waals surface area contributed by atoms with Crippen LogP contribution < -0.4 is 10.1 Å². The van der Waals surface area contributed by atoms with E-state index in [-0.39, 0.29) is 0 Å². The van der Waals surface area contributed by atoms with Crippen LogP contribution in [-0.2, 0) is 6.42 Å². The Morgan fingerprint density at radius 2 is 2.35 bits per heavy atom. The molecule has 3 nitrogen and oxygen atoms in total. The van der Waals surface area contributed by atoms with E-state index in [2.05, 4.69) is 28.6 Å². The number of rotatable bonds is 3. The van der Waals surface area contributed by atoms with Crippen LogP contribution in [0.1, 0.15) is 18.4 Å². The minimum absolute atomic E-state index is 0.639. The van der Waals surface area contributed by atoms with Crippen molar-refractivity contribution in [2.45, 2.75) is 25.3 Å². The summed E-state index contributed by atoms with van der Waals surface area (Å²) in [4.78, 5) is 3.33. The summed E-state index contributed by atoms with van der Waals surface area (Å²) in [5.74, 6) is 0.928. The molecule has 1 aliphatic heterocycles. The van der Waals surface area contributed by atoms with Gasteiger partial charge in [-0.25, -0.2) is 0 Å². The molecule has 1 aromatic heterocycles. The molecular weight excluding hydrogens is 212 g/mol. The monoisotopic (exact) mass is 230 g/mol. The lowest BCUT2D eigenvalue weighted by atomic mass is 10.0. The van der Waals surface area contributed by atoms with Crippen molar-refractivity contribution in [1.29, 1.82) is 0 Å². The van der Waals surface area contributed by atoms with Crippen LogP contribution in [0.5, 0.6) is 5.75 Å². The third-order valence-corrected chi connectivity index (χ3v) is 3.60. The van der Waals surface area contributed by atoms with Crippen molar-refractivity contribution in [1.82, 2.24) is 10.3 Å². The SMILES string of the molecule is COc1ccc2[nH]cc(CC3CCCN3)c2c1. The topological polar surface area (TPSA) is 37.0 Å². The number of hydrogen-bond acceptors (Lipinski definition) is 2. The molecule has 17 heavy (non-hydrogen) atoms. The van der Waals surface area contributed by atoms with Gasteiger partial charge in [-0.15, -0.1) is 0 Å². The van der Waals surface area contributed by atoms with E-state index >= 15 is 0 Å². The summed E-state index contributed by atoms with van der Waals surface area (Å²) in [5.41, 5.74) is 2.58. The zero-order valence-electron chi connectivity index (χ0n) is 10.1. The number of aromatic nitrogens is 1. The zero-order chi connectivity index (χ0) is 11.7. The molecule has 0 amide bonds. The summed E-state index contributed by atoms with van der Waals surface area (Å²) in [6, 6.07) is 6.84. The molecule has 1 atom stereocenters.